The largest absolute Gasteiger partial charge is 0.464 e. The fourth-order valence-electron chi connectivity index (χ4n) is 4.73. The van der Waals surface area contributed by atoms with Crippen LogP contribution in [0.2, 0.25) is 0 Å². The van der Waals surface area contributed by atoms with E-state index in [1.54, 1.807) is 13.0 Å². The van der Waals surface area contributed by atoms with Crippen LogP contribution in [0.4, 0.5) is 10.5 Å². The fourth-order valence-corrected chi connectivity index (χ4v) is 5.63. The van der Waals surface area contributed by atoms with Crippen LogP contribution in [0.5, 0.6) is 0 Å². The van der Waals surface area contributed by atoms with E-state index in [4.69, 9.17) is 4.74 Å². The highest BCUT2D eigenvalue weighted by molar-refractivity contribution is 8.18. The number of imide groups is 1. The van der Waals surface area contributed by atoms with Crippen molar-refractivity contribution in [1.82, 2.24) is 4.90 Å². The molecule has 3 rings (SSSR count). The number of thioether (sulfide) groups is 1. The molecule has 1 fully saturated rings. The standard InChI is InChI=1S/C24H32N2O4S/c1-8-25-19-10-14(3)17(11-18(19)15(4)13-24(25,6)7)12-20-21(27)26(23(29)31-20)16(5)22(28)30-9-2/h10-12,15-16H,8-9,13H2,1-7H3/b20-12+/t15-,16+/m1/s1. The zero-order valence-corrected chi connectivity index (χ0v) is 20.3. The van der Waals surface area contributed by atoms with Crippen LogP contribution in [0.3, 0.4) is 0 Å². The van der Waals surface area contributed by atoms with Crippen LogP contribution in [-0.2, 0) is 14.3 Å². The van der Waals surface area contributed by atoms with Gasteiger partial charge in [-0.25, -0.2) is 4.79 Å². The van der Waals surface area contributed by atoms with Gasteiger partial charge in [-0.2, -0.15) is 0 Å². The summed E-state index contributed by atoms with van der Waals surface area (Å²) in [6.07, 6.45) is 2.82. The Morgan fingerprint density at radius 3 is 2.61 bits per heavy atom. The lowest BCUT2D eigenvalue weighted by atomic mass is 9.79. The number of ether oxygens (including phenoxy) is 1. The highest BCUT2D eigenvalue weighted by atomic mass is 32.2. The first-order chi connectivity index (χ1) is 14.5. The Labute approximate surface area is 189 Å². The van der Waals surface area contributed by atoms with Gasteiger partial charge in [-0.3, -0.25) is 14.5 Å². The molecule has 2 aliphatic heterocycles. The molecular formula is C24H32N2O4S. The van der Waals surface area contributed by atoms with Crippen molar-refractivity contribution in [3.05, 3.63) is 33.7 Å². The van der Waals surface area contributed by atoms with Gasteiger partial charge in [0.2, 0.25) is 0 Å². The van der Waals surface area contributed by atoms with Crippen LogP contribution in [0.15, 0.2) is 17.0 Å². The molecule has 1 saturated heterocycles. The van der Waals surface area contributed by atoms with Gasteiger partial charge in [-0.1, -0.05) is 6.92 Å². The number of nitrogens with zero attached hydrogens (tertiary/aromatic N) is 2. The van der Waals surface area contributed by atoms with Gasteiger partial charge in [-0.15, -0.1) is 0 Å². The Kier molecular flexibility index (Phi) is 6.56. The molecule has 2 heterocycles. The van der Waals surface area contributed by atoms with Crippen LogP contribution < -0.4 is 4.90 Å². The van der Waals surface area contributed by atoms with Gasteiger partial charge in [0, 0.05) is 17.8 Å². The highest BCUT2D eigenvalue weighted by Gasteiger charge is 2.41. The molecule has 0 N–H and O–H groups in total. The summed E-state index contributed by atoms with van der Waals surface area (Å²) < 4.78 is 4.98. The molecule has 0 bridgehead atoms. The van der Waals surface area contributed by atoms with Crippen molar-refractivity contribution >= 4 is 40.6 Å². The first-order valence-corrected chi connectivity index (χ1v) is 11.7. The molecule has 7 heteroatoms. The topological polar surface area (TPSA) is 66.9 Å². The number of amides is 2. The number of hydrogen-bond donors (Lipinski definition) is 0. The minimum atomic E-state index is -0.941. The molecular weight excluding hydrogens is 412 g/mol. The van der Waals surface area contributed by atoms with Crippen molar-refractivity contribution in [3.63, 3.8) is 0 Å². The molecule has 1 aromatic rings. The molecule has 2 atom stereocenters. The summed E-state index contributed by atoms with van der Waals surface area (Å²) in [5.74, 6) is -0.636. The lowest BCUT2D eigenvalue weighted by Gasteiger charge is -2.47. The van der Waals surface area contributed by atoms with Crippen molar-refractivity contribution < 1.29 is 19.1 Å². The maximum atomic E-state index is 12.9. The monoisotopic (exact) mass is 444 g/mol. The van der Waals surface area contributed by atoms with Gasteiger partial charge >= 0.3 is 5.97 Å². The number of anilines is 1. The van der Waals surface area contributed by atoms with Gasteiger partial charge in [0.1, 0.15) is 6.04 Å². The number of benzene rings is 1. The number of aryl methyl sites for hydroxylation is 1. The quantitative estimate of drug-likeness (QED) is 0.465. The lowest BCUT2D eigenvalue weighted by molar-refractivity contribution is -0.150. The number of carbonyl (C=O) groups excluding carboxylic acids is 3. The van der Waals surface area contributed by atoms with Crippen LogP contribution in [-0.4, -0.2) is 46.7 Å². The smallest absolute Gasteiger partial charge is 0.329 e. The van der Waals surface area contributed by atoms with Crippen LogP contribution >= 0.6 is 11.8 Å². The number of fused-ring (bicyclic) bond motifs is 1. The van der Waals surface area contributed by atoms with Crippen molar-refractivity contribution in [2.45, 2.75) is 72.4 Å². The lowest BCUT2D eigenvalue weighted by Crippen LogP contribution is -2.48. The third-order valence-electron chi connectivity index (χ3n) is 6.21. The average molecular weight is 445 g/mol. The number of carbonyl (C=O) groups is 3. The van der Waals surface area contributed by atoms with Crippen molar-refractivity contribution in [1.29, 1.82) is 0 Å². The van der Waals surface area contributed by atoms with E-state index in [1.165, 1.54) is 18.2 Å². The van der Waals surface area contributed by atoms with E-state index in [1.807, 2.05) is 6.92 Å². The molecule has 0 saturated carbocycles. The highest BCUT2D eigenvalue weighted by Crippen LogP contribution is 2.45. The average Bonchev–Trinajstić information content (AvgIpc) is 2.95. The normalized spacial score (nSPS) is 22.7. The van der Waals surface area contributed by atoms with Gasteiger partial charge in [0.05, 0.1) is 11.5 Å². The Morgan fingerprint density at radius 1 is 1.32 bits per heavy atom. The molecule has 1 aromatic carbocycles. The van der Waals surface area contributed by atoms with E-state index in [0.717, 1.165) is 40.8 Å². The Morgan fingerprint density at radius 2 is 2.00 bits per heavy atom. The predicted molar refractivity (Wildman–Crippen MR) is 125 cm³/mol. The zero-order valence-electron chi connectivity index (χ0n) is 19.4. The molecule has 2 amide bonds. The van der Waals surface area contributed by atoms with Gasteiger partial charge in [0.25, 0.3) is 11.1 Å². The van der Waals surface area contributed by atoms with E-state index >= 15 is 0 Å². The maximum absolute atomic E-state index is 12.9. The molecule has 0 aromatic heterocycles. The summed E-state index contributed by atoms with van der Waals surface area (Å²) in [5.41, 5.74) is 4.56. The van der Waals surface area contributed by atoms with E-state index in [0.29, 0.717) is 10.8 Å². The minimum absolute atomic E-state index is 0.0843. The number of rotatable bonds is 5. The second kappa shape index (κ2) is 8.69. The van der Waals surface area contributed by atoms with Crippen molar-refractivity contribution in [3.8, 4) is 0 Å². The van der Waals surface area contributed by atoms with E-state index in [2.05, 4.69) is 44.7 Å². The summed E-state index contributed by atoms with van der Waals surface area (Å²) in [5, 5.41) is -0.445. The summed E-state index contributed by atoms with van der Waals surface area (Å²) >= 11 is 0.873. The molecule has 2 aliphatic rings. The molecule has 0 radical (unpaired) electrons. The fraction of sp³-hybridized carbons (Fsp3) is 0.542. The van der Waals surface area contributed by atoms with Crippen LogP contribution in [0.1, 0.15) is 70.6 Å². The number of esters is 1. The van der Waals surface area contributed by atoms with E-state index in [9.17, 15) is 14.4 Å². The summed E-state index contributed by atoms with van der Waals surface area (Å²) in [4.78, 5) is 41.2. The molecule has 168 valence electrons. The minimum Gasteiger partial charge on any atom is -0.464 e. The molecule has 31 heavy (non-hydrogen) atoms. The second-order valence-corrected chi connectivity index (χ2v) is 9.90. The first-order valence-electron chi connectivity index (χ1n) is 10.9. The van der Waals surface area contributed by atoms with Crippen LogP contribution in [0.25, 0.3) is 6.08 Å². The van der Waals surface area contributed by atoms with Crippen molar-refractivity contribution in [2.75, 3.05) is 18.1 Å². The maximum Gasteiger partial charge on any atom is 0.329 e. The van der Waals surface area contributed by atoms with Crippen LogP contribution in [0, 0.1) is 6.92 Å². The van der Waals surface area contributed by atoms with E-state index in [-0.39, 0.29) is 12.1 Å². The first kappa shape index (κ1) is 23.4. The van der Waals surface area contributed by atoms with Gasteiger partial charge in [-0.05, 0) is 101 Å². The third kappa shape index (κ3) is 4.25. The zero-order chi connectivity index (χ0) is 23.1. The third-order valence-corrected chi connectivity index (χ3v) is 7.10. The summed E-state index contributed by atoms with van der Waals surface area (Å²) in [6, 6.07) is 3.40. The molecule has 6 nitrogen and oxygen atoms in total. The second-order valence-electron chi connectivity index (χ2n) is 8.91. The summed E-state index contributed by atoms with van der Waals surface area (Å²) in [7, 11) is 0. The van der Waals surface area contributed by atoms with E-state index < -0.39 is 23.2 Å². The summed E-state index contributed by atoms with van der Waals surface area (Å²) in [6.45, 7) is 15.3. The molecule has 0 spiro atoms. The Bertz CT molecular complexity index is 953. The molecule has 0 unspecified atom stereocenters. The van der Waals surface area contributed by atoms with Crippen molar-refractivity contribution in [2.24, 2.45) is 0 Å². The Balaban J connectivity index is 1.96. The number of hydrogen-bond acceptors (Lipinski definition) is 6. The Hall–Kier alpha value is -2.28. The van der Waals surface area contributed by atoms with Gasteiger partial charge < -0.3 is 9.64 Å². The SMILES string of the molecule is CCOC(=O)[C@H](C)N1C(=O)S/C(=C/c2cc3c(cc2C)N(CC)C(C)(C)C[C@H]3C)C1=O. The predicted octanol–water partition coefficient (Wildman–Crippen LogP) is 5.10. The molecule has 0 aliphatic carbocycles. The van der Waals surface area contributed by atoms with Gasteiger partial charge in [0.15, 0.2) is 0 Å².